The lowest BCUT2D eigenvalue weighted by atomic mass is 10.0. The fourth-order valence-corrected chi connectivity index (χ4v) is 2.79. The molecule has 0 saturated heterocycles. The Balaban J connectivity index is 2.27. The van der Waals surface area contributed by atoms with Crippen molar-refractivity contribution >= 4 is 34.4 Å². The van der Waals surface area contributed by atoms with E-state index in [1.807, 2.05) is 51.4 Å². The average Bonchev–Trinajstić information content (AvgIpc) is 2.52. The SMILES string of the molecule is CSC(=Nc1ccc2c(c1)CCCN2C(=O)OC(C)(C)C)NC#N. The van der Waals surface area contributed by atoms with Gasteiger partial charge in [0, 0.05) is 6.54 Å². The summed E-state index contributed by atoms with van der Waals surface area (Å²) in [4.78, 5) is 18.5. The maximum Gasteiger partial charge on any atom is 0.414 e. The molecule has 0 saturated carbocycles. The number of aliphatic imine (C=N–C) groups is 1. The summed E-state index contributed by atoms with van der Waals surface area (Å²) < 4.78 is 5.49. The standard InChI is InChI=1S/C17H22N4O2S/c1-17(2,3)23-16(22)21-9-5-6-12-10-13(7-8-14(12)21)20-15(24-4)19-11-18/h7-8,10H,5-6,9H2,1-4H3,(H,19,20). The molecular formula is C17H22N4O2S. The Morgan fingerprint density at radius 1 is 1.46 bits per heavy atom. The fourth-order valence-electron chi connectivity index (χ4n) is 2.45. The third-order valence-corrected chi connectivity index (χ3v) is 3.96. The fraction of sp³-hybridized carbons (Fsp3) is 0.471. The van der Waals surface area contributed by atoms with Crippen molar-refractivity contribution < 1.29 is 9.53 Å². The molecule has 1 aromatic carbocycles. The van der Waals surface area contributed by atoms with Gasteiger partial charge in [-0.25, -0.2) is 9.79 Å². The van der Waals surface area contributed by atoms with Crippen LogP contribution < -0.4 is 10.2 Å². The number of nitrogens with zero attached hydrogens (tertiary/aromatic N) is 3. The third-order valence-electron chi connectivity index (χ3n) is 3.38. The molecule has 1 aromatic rings. The largest absolute Gasteiger partial charge is 0.443 e. The van der Waals surface area contributed by atoms with Gasteiger partial charge in [-0.15, -0.1) is 0 Å². The molecule has 0 radical (unpaired) electrons. The summed E-state index contributed by atoms with van der Waals surface area (Å²) in [5, 5.41) is 11.8. The highest BCUT2D eigenvalue weighted by molar-refractivity contribution is 8.13. The van der Waals surface area contributed by atoms with Crippen molar-refractivity contribution in [1.82, 2.24) is 5.32 Å². The van der Waals surface area contributed by atoms with Gasteiger partial charge in [-0.3, -0.25) is 10.2 Å². The van der Waals surface area contributed by atoms with Crippen LogP contribution in [0.1, 0.15) is 32.8 Å². The van der Waals surface area contributed by atoms with Crippen LogP contribution in [0.2, 0.25) is 0 Å². The Hall–Kier alpha value is -2.20. The second-order valence-electron chi connectivity index (χ2n) is 6.41. The van der Waals surface area contributed by atoms with Crippen LogP contribution in [-0.4, -0.2) is 29.7 Å². The number of anilines is 1. The van der Waals surface area contributed by atoms with Crippen LogP contribution in [0.4, 0.5) is 16.2 Å². The maximum atomic E-state index is 12.4. The van der Waals surface area contributed by atoms with Gasteiger partial charge < -0.3 is 4.74 Å². The minimum atomic E-state index is -0.519. The number of fused-ring (bicyclic) bond motifs is 1. The molecule has 7 heteroatoms. The minimum Gasteiger partial charge on any atom is -0.443 e. The molecule has 0 aliphatic carbocycles. The molecule has 0 spiro atoms. The second-order valence-corrected chi connectivity index (χ2v) is 7.20. The normalized spacial score (nSPS) is 14.6. The molecule has 1 aliphatic rings. The number of rotatable bonds is 1. The van der Waals surface area contributed by atoms with Gasteiger partial charge in [0.1, 0.15) is 5.60 Å². The number of nitrogens with one attached hydrogen (secondary N) is 1. The molecule has 0 atom stereocenters. The number of nitriles is 1. The van der Waals surface area contributed by atoms with E-state index in [1.165, 1.54) is 11.8 Å². The van der Waals surface area contributed by atoms with Gasteiger partial charge >= 0.3 is 6.09 Å². The average molecular weight is 346 g/mol. The number of carbonyl (C=O) groups is 1. The van der Waals surface area contributed by atoms with Gasteiger partial charge in [0.2, 0.25) is 0 Å². The number of hydrogen-bond acceptors (Lipinski definition) is 5. The highest BCUT2D eigenvalue weighted by atomic mass is 32.2. The number of amides is 1. The molecule has 1 N–H and O–H groups in total. The number of aryl methyl sites for hydroxylation is 1. The van der Waals surface area contributed by atoms with Gasteiger partial charge in [0.05, 0.1) is 11.4 Å². The molecule has 128 valence electrons. The molecular weight excluding hydrogens is 324 g/mol. The van der Waals surface area contributed by atoms with Gasteiger partial charge in [-0.1, -0.05) is 11.8 Å². The zero-order valence-corrected chi connectivity index (χ0v) is 15.2. The lowest BCUT2D eigenvalue weighted by Crippen LogP contribution is -2.39. The number of carbonyl (C=O) groups excluding carboxylic acids is 1. The smallest absolute Gasteiger partial charge is 0.414 e. The Morgan fingerprint density at radius 3 is 2.83 bits per heavy atom. The van der Waals surface area contributed by atoms with Crippen molar-refractivity contribution in [2.75, 3.05) is 17.7 Å². The van der Waals surface area contributed by atoms with E-state index in [0.717, 1.165) is 29.8 Å². The first kappa shape index (κ1) is 18.1. The molecule has 24 heavy (non-hydrogen) atoms. The van der Waals surface area contributed by atoms with E-state index < -0.39 is 5.60 Å². The Morgan fingerprint density at radius 2 is 2.21 bits per heavy atom. The number of ether oxygens (including phenoxy) is 1. The van der Waals surface area contributed by atoms with Gasteiger partial charge in [-0.05, 0) is 63.6 Å². The van der Waals surface area contributed by atoms with Crippen LogP contribution in [0.15, 0.2) is 23.2 Å². The van der Waals surface area contributed by atoms with Crippen molar-refractivity contribution in [3.05, 3.63) is 23.8 Å². The zero-order valence-electron chi connectivity index (χ0n) is 14.4. The molecule has 0 aromatic heterocycles. The summed E-state index contributed by atoms with van der Waals surface area (Å²) >= 11 is 1.37. The van der Waals surface area contributed by atoms with E-state index in [1.54, 1.807) is 4.90 Å². The predicted octanol–water partition coefficient (Wildman–Crippen LogP) is 3.80. The Bertz CT molecular complexity index is 689. The van der Waals surface area contributed by atoms with Crippen molar-refractivity contribution in [1.29, 1.82) is 5.26 Å². The molecule has 1 heterocycles. The highest BCUT2D eigenvalue weighted by Gasteiger charge is 2.27. The van der Waals surface area contributed by atoms with Gasteiger partial charge in [-0.2, -0.15) is 5.26 Å². The van der Waals surface area contributed by atoms with Crippen LogP contribution >= 0.6 is 11.8 Å². The maximum absolute atomic E-state index is 12.4. The molecule has 1 aliphatic heterocycles. The number of benzene rings is 1. The summed E-state index contributed by atoms with van der Waals surface area (Å²) in [7, 11) is 0. The lowest BCUT2D eigenvalue weighted by molar-refractivity contribution is 0.0578. The van der Waals surface area contributed by atoms with E-state index in [-0.39, 0.29) is 6.09 Å². The molecule has 0 bridgehead atoms. The summed E-state index contributed by atoms with van der Waals surface area (Å²) in [6.45, 7) is 6.23. The molecule has 1 amide bonds. The summed E-state index contributed by atoms with van der Waals surface area (Å²) in [6, 6.07) is 5.69. The van der Waals surface area contributed by atoms with E-state index in [9.17, 15) is 4.79 Å². The van der Waals surface area contributed by atoms with Crippen LogP contribution in [-0.2, 0) is 11.2 Å². The van der Waals surface area contributed by atoms with Crippen LogP contribution in [0.3, 0.4) is 0 Å². The summed E-state index contributed by atoms with van der Waals surface area (Å²) in [6.07, 6.45) is 5.17. The zero-order chi connectivity index (χ0) is 17.7. The van der Waals surface area contributed by atoms with E-state index in [4.69, 9.17) is 10.00 Å². The molecule has 2 rings (SSSR count). The molecule has 6 nitrogen and oxygen atoms in total. The lowest BCUT2D eigenvalue weighted by Gasteiger charge is -2.31. The van der Waals surface area contributed by atoms with Crippen molar-refractivity contribution in [2.24, 2.45) is 4.99 Å². The van der Waals surface area contributed by atoms with E-state index in [2.05, 4.69) is 10.3 Å². The second kappa shape index (κ2) is 7.58. The third kappa shape index (κ3) is 4.65. The topological polar surface area (TPSA) is 77.7 Å². The first-order valence-corrected chi connectivity index (χ1v) is 8.98. The number of hydrogen-bond donors (Lipinski definition) is 1. The Labute approximate surface area is 146 Å². The van der Waals surface area contributed by atoms with E-state index in [0.29, 0.717) is 11.7 Å². The van der Waals surface area contributed by atoms with E-state index >= 15 is 0 Å². The monoisotopic (exact) mass is 346 g/mol. The number of amidine groups is 1. The molecule has 0 unspecified atom stereocenters. The predicted molar refractivity (Wildman–Crippen MR) is 97.7 cm³/mol. The van der Waals surface area contributed by atoms with Gasteiger partial charge in [0.25, 0.3) is 0 Å². The summed E-state index contributed by atoms with van der Waals surface area (Å²) in [5.41, 5.74) is 2.17. The quantitative estimate of drug-likeness (QED) is 0.362. The van der Waals surface area contributed by atoms with Crippen LogP contribution in [0, 0.1) is 11.5 Å². The van der Waals surface area contributed by atoms with Crippen molar-refractivity contribution in [3.63, 3.8) is 0 Å². The molecule has 0 fully saturated rings. The minimum absolute atomic E-state index is 0.323. The first-order valence-electron chi connectivity index (χ1n) is 7.75. The number of thioether (sulfide) groups is 1. The van der Waals surface area contributed by atoms with Crippen LogP contribution in [0.5, 0.6) is 0 Å². The van der Waals surface area contributed by atoms with Crippen molar-refractivity contribution in [3.8, 4) is 6.19 Å². The first-order chi connectivity index (χ1) is 11.3. The Kier molecular flexibility index (Phi) is 5.73. The highest BCUT2D eigenvalue weighted by Crippen LogP contribution is 2.32. The van der Waals surface area contributed by atoms with Crippen molar-refractivity contribution in [2.45, 2.75) is 39.2 Å². The van der Waals surface area contributed by atoms with Gasteiger partial charge in [0.15, 0.2) is 11.4 Å². The van der Waals surface area contributed by atoms with Crippen LogP contribution in [0.25, 0.3) is 0 Å². The summed E-state index contributed by atoms with van der Waals surface area (Å²) in [5.74, 6) is 0.